The van der Waals surface area contributed by atoms with Gasteiger partial charge >= 0.3 is 0 Å². The summed E-state index contributed by atoms with van der Waals surface area (Å²) in [5.41, 5.74) is 0.536. The van der Waals surface area contributed by atoms with Crippen LogP contribution in [0.1, 0.15) is 16.1 Å². The summed E-state index contributed by atoms with van der Waals surface area (Å²) < 4.78 is 0. The zero-order valence-electron chi connectivity index (χ0n) is 13.9. The van der Waals surface area contributed by atoms with Crippen molar-refractivity contribution < 1.29 is 14.8 Å². The highest BCUT2D eigenvalue weighted by molar-refractivity contribution is 6.34. The highest BCUT2D eigenvalue weighted by Crippen LogP contribution is 2.31. The van der Waals surface area contributed by atoms with Crippen LogP contribution in [0.4, 0.5) is 11.4 Å². The van der Waals surface area contributed by atoms with Gasteiger partial charge in [-0.05, 0) is 30.3 Å². The molecule has 1 heterocycles. The first kappa shape index (κ1) is 18.3. The van der Waals surface area contributed by atoms with Crippen molar-refractivity contribution in [2.45, 2.75) is 6.54 Å². The van der Waals surface area contributed by atoms with Gasteiger partial charge in [0.25, 0.3) is 11.6 Å². The minimum atomic E-state index is -0.601. The van der Waals surface area contributed by atoms with Crippen molar-refractivity contribution in [3.63, 3.8) is 0 Å². The Labute approximate surface area is 159 Å². The number of non-ortho nitro benzene ring substituents is 1. The third kappa shape index (κ3) is 4.04. The third-order valence-electron chi connectivity index (χ3n) is 3.86. The molecule has 7 nitrogen and oxygen atoms in total. The molecule has 1 N–H and O–H groups in total. The van der Waals surface area contributed by atoms with Crippen LogP contribution >= 0.6 is 11.6 Å². The lowest BCUT2D eigenvalue weighted by Crippen LogP contribution is -2.31. The van der Waals surface area contributed by atoms with E-state index in [0.29, 0.717) is 5.69 Å². The number of para-hydroxylation sites is 2. The van der Waals surface area contributed by atoms with E-state index in [2.05, 4.69) is 4.98 Å². The Balaban J connectivity index is 2.08. The number of hydrogen-bond donors (Lipinski definition) is 1. The van der Waals surface area contributed by atoms with E-state index >= 15 is 0 Å². The number of phenols is 1. The second-order valence-corrected chi connectivity index (χ2v) is 6.03. The zero-order chi connectivity index (χ0) is 19.4. The van der Waals surface area contributed by atoms with Crippen molar-refractivity contribution in [1.29, 1.82) is 0 Å². The van der Waals surface area contributed by atoms with Crippen LogP contribution in [0.3, 0.4) is 0 Å². The van der Waals surface area contributed by atoms with Crippen molar-refractivity contribution in [2.75, 3.05) is 4.90 Å². The number of aromatic hydroxyl groups is 1. The number of benzene rings is 2. The first-order valence-electron chi connectivity index (χ1n) is 7.91. The van der Waals surface area contributed by atoms with E-state index < -0.39 is 10.8 Å². The number of amides is 1. The van der Waals surface area contributed by atoms with Crippen molar-refractivity contribution in [2.24, 2.45) is 0 Å². The first-order chi connectivity index (χ1) is 13.0. The monoisotopic (exact) mass is 383 g/mol. The molecule has 0 unspecified atom stereocenters. The van der Waals surface area contributed by atoms with Crippen LogP contribution in [0.15, 0.2) is 66.9 Å². The standard InChI is InChI=1S/C19H14ClN3O4/c20-16-9-8-14(23(26)27)11-15(16)19(25)22(12-13-5-3-4-10-21-13)17-6-1-2-7-18(17)24/h1-11,24H,12H2. The Morgan fingerprint density at radius 2 is 1.89 bits per heavy atom. The number of pyridine rings is 1. The van der Waals surface area contributed by atoms with Crippen LogP contribution in [0, 0.1) is 10.1 Å². The maximum Gasteiger partial charge on any atom is 0.270 e. The molecule has 0 saturated heterocycles. The first-order valence-corrected chi connectivity index (χ1v) is 8.29. The lowest BCUT2D eigenvalue weighted by atomic mass is 10.1. The van der Waals surface area contributed by atoms with Crippen LogP contribution in [-0.4, -0.2) is 20.9 Å². The maximum absolute atomic E-state index is 13.2. The molecule has 2 aromatic carbocycles. The van der Waals surface area contributed by atoms with Gasteiger partial charge in [-0.2, -0.15) is 0 Å². The minimum absolute atomic E-state index is 0.0370. The Hall–Kier alpha value is -3.45. The van der Waals surface area contributed by atoms with Gasteiger partial charge < -0.3 is 5.11 Å². The van der Waals surface area contributed by atoms with Gasteiger partial charge in [0.2, 0.25) is 0 Å². The van der Waals surface area contributed by atoms with E-state index in [1.807, 2.05) is 0 Å². The smallest absolute Gasteiger partial charge is 0.270 e. The molecule has 1 amide bonds. The minimum Gasteiger partial charge on any atom is -0.506 e. The predicted molar refractivity (Wildman–Crippen MR) is 101 cm³/mol. The van der Waals surface area contributed by atoms with Crippen molar-refractivity contribution in [3.05, 3.63) is 93.3 Å². The molecule has 0 aliphatic carbocycles. The van der Waals surface area contributed by atoms with Gasteiger partial charge in [0.15, 0.2) is 0 Å². The van der Waals surface area contributed by atoms with Crippen LogP contribution in [0.5, 0.6) is 5.75 Å². The lowest BCUT2D eigenvalue weighted by Gasteiger charge is -2.24. The van der Waals surface area contributed by atoms with Gasteiger partial charge in [0.1, 0.15) is 5.75 Å². The summed E-state index contributed by atoms with van der Waals surface area (Å²) in [6, 6.07) is 15.2. The molecule has 0 bridgehead atoms. The van der Waals surface area contributed by atoms with Crippen LogP contribution in [0.2, 0.25) is 5.02 Å². The van der Waals surface area contributed by atoms with Crippen molar-refractivity contribution in [3.8, 4) is 5.75 Å². The fraction of sp³-hybridized carbons (Fsp3) is 0.0526. The second kappa shape index (κ2) is 7.84. The molecule has 8 heteroatoms. The number of phenolic OH excluding ortho intramolecular Hbond substituents is 1. The summed E-state index contributed by atoms with van der Waals surface area (Å²) in [5, 5.41) is 21.3. The number of nitro benzene ring substituents is 1. The van der Waals surface area contributed by atoms with Crippen LogP contribution in [0.25, 0.3) is 0 Å². The summed E-state index contributed by atoms with van der Waals surface area (Å²) in [6.45, 7) is 0.0519. The fourth-order valence-corrected chi connectivity index (χ4v) is 2.75. The fourth-order valence-electron chi connectivity index (χ4n) is 2.55. The molecule has 136 valence electrons. The molecule has 0 atom stereocenters. The van der Waals surface area contributed by atoms with Gasteiger partial charge in [-0.25, -0.2) is 0 Å². The number of carbonyl (C=O) groups is 1. The average molecular weight is 384 g/mol. The predicted octanol–water partition coefficient (Wildman–Crippen LogP) is 4.20. The van der Waals surface area contributed by atoms with Gasteiger partial charge in [0, 0.05) is 18.3 Å². The summed E-state index contributed by atoms with van der Waals surface area (Å²) in [7, 11) is 0. The number of carbonyl (C=O) groups excluding carboxylic acids is 1. The van der Waals surface area contributed by atoms with Crippen LogP contribution in [-0.2, 0) is 6.54 Å². The lowest BCUT2D eigenvalue weighted by molar-refractivity contribution is -0.384. The number of nitro groups is 1. The number of halogens is 1. The number of rotatable bonds is 5. The highest BCUT2D eigenvalue weighted by Gasteiger charge is 2.25. The molecule has 0 radical (unpaired) electrons. The van der Waals surface area contributed by atoms with E-state index in [1.54, 1.807) is 42.6 Å². The Kier molecular flexibility index (Phi) is 5.33. The number of anilines is 1. The molecular formula is C19H14ClN3O4. The molecular weight excluding hydrogens is 370 g/mol. The quantitative estimate of drug-likeness (QED) is 0.526. The Morgan fingerprint density at radius 3 is 2.56 bits per heavy atom. The van der Waals surface area contributed by atoms with E-state index in [1.165, 1.54) is 23.1 Å². The van der Waals surface area contributed by atoms with E-state index in [0.717, 1.165) is 6.07 Å². The molecule has 1 aromatic heterocycles. The third-order valence-corrected chi connectivity index (χ3v) is 4.18. The normalized spacial score (nSPS) is 10.4. The zero-order valence-corrected chi connectivity index (χ0v) is 14.7. The summed E-state index contributed by atoms with van der Waals surface area (Å²) >= 11 is 6.12. The highest BCUT2D eigenvalue weighted by atomic mass is 35.5. The van der Waals surface area contributed by atoms with Crippen molar-refractivity contribution >= 4 is 28.9 Å². The Morgan fingerprint density at radius 1 is 1.15 bits per heavy atom. The van der Waals surface area contributed by atoms with E-state index in [4.69, 9.17) is 11.6 Å². The van der Waals surface area contributed by atoms with E-state index in [-0.39, 0.29) is 34.3 Å². The summed E-state index contributed by atoms with van der Waals surface area (Å²) in [5.74, 6) is -0.695. The molecule has 0 aliphatic heterocycles. The van der Waals surface area contributed by atoms with Gasteiger partial charge in [-0.3, -0.25) is 24.8 Å². The SMILES string of the molecule is O=C(c1cc([N+](=O)[O-])ccc1Cl)N(Cc1ccccn1)c1ccccc1O. The Bertz CT molecular complexity index is 995. The topological polar surface area (TPSA) is 96.6 Å². The maximum atomic E-state index is 13.2. The van der Waals surface area contributed by atoms with Crippen LogP contribution < -0.4 is 4.90 Å². The van der Waals surface area contributed by atoms with Gasteiger partial charge in [-0.1, -0.05) is 29.8 Å². The molecule has 0 fully saturated rings. The molecule has 0 saturated carbocycles. The van der Waals surface area contributed by atoms with E-state index in [9.17, 15) is 20.0 Å². The molecule has 3 aromatic rings. The van der Waals surface area contributed by atoms with Gasteiger partial charge in [0.05, 0.1) is 33.4 Å². The van der Waals surface area contributed by atoms with Crippen molar-refractivity contribution in [1.82, 2.24) is 4.98 Å². The largest absolute Gasteiger partial charge is 0.506 e. The molecule has 0 spiro atoms. The number of nitrogens with zero attached hydrogens (tertiary/aromatic N) is 3. The molecule has 3 rings (SSSR count). The number of aromatic nitrogens is 1. The summed E-state index contributed by atoms with van der Waals surface area (Å²) in [6.07, 6.45) is 1.59. The van der Waals surface area contributed by atoms with Gasteiger partial charge in [-0.15, -0.1) is 0 Å². The number of hydrogen-bond acceptors (Lipinski definition) is 5. The molecule has 0 aliphatic rings. The summed E-state index contributed by atoms with van der Waals surface area (Å²) in [4.78, 5) is 29.1. The second-order valence-electron chi connectivity index (χ2n) is 5.62. The average Bonchev–Trinajstić information content (AvgIpc) is 2.67. The molecule has 27 heavy (non-hydrogen) atoms.